The highest BCUT2D eigenvalue weighted by atomic mass is 32.1. The summed E-state index contributed by atoms with van der Waals surface area (Å²) in [5, 5.41) is 7.92. The van der Waals surface area contributed by atoms with Crippen LogP contribution in [0.2, 0.25) is 0 Å². The predicted octanol–water partition coefficient (Wildman–Crippen LogP) is 2.59. The van der Waals surface area contributed by atoms with Crippen LogP contribution >= 0.6 is 11.3 Å². The van der Waals surface area contributed by atoms with E-state index in [0.29, 0.717) is 12.1 Å². The molecular weight excluding hydrogens is 234 g/mol. The van der Waals surface area contributed by atoms with Gasteiger partial charge in [-0.05, 0) is 42.7 Å². The third-order valence-corrected chi connectivity index (χ3v) is 4.11. The van der Waals surface area contributed by atoms with Gasteiger partial charge in [0.2, 0.25) is 0 Å². The fourth-order valence-electron chi connectivity index (χ4n) is 2.38. The summed E-state index contributed by atoms with van der Waals surface area (Å²) in [6, 6.07) is 2.96. The number of nitrogens with one attached hydrogen (secondary N) is 1. The van der Waals surface area contributed by atoms with E-state index in [-0.39, 0.29) is 12.2 Å². The van der Waals surface area contributed by atoms with E-state index in [9.17, 15) is 0 Å². The minimum absolute atomic E-state index is 0.191. The van der Waals surface area contributed by atoms with Crippen LogP contribution in [0.4, 0.5) is 0 Å². The van der Waals surface area contributed by atoms with Crippen molar-refractivity contribution < 1.29 is 9.47 Å². The molecule has 0 aromatic carbocycles. The van der Waals surface area contributed by atoms with Crippen LogP contribution < -0.4 is 5.32 Å². The molecule has 0 bridgehead atoms. The van der Waals surface area contributed by atoms with Gasteiger partial charge in [-0.15, -0.1) is 0 Å². The molecule has 4 heteroatoms. The maximum absolute atomic E-state index is 5.62. The average Bonchev–Trinajstić information content (AvgIpc) is 2.81. The first-order valence-electron chi connectivity index (χ1n) is 6.18. The number of hydrogen-bond donors (Lipinski definition) is 1. The van der Waals surface area contributed by atoms with E-state index >= 15 is 0 Å². The molecule has 1 saturated carbocycles. The van der Waals surface area contributed by atoms with Gasteiger partial charge < -0.3 is 14.8 Å². The normalized spacial score (nSPS) is 29.9. The SMILES string of the molecule is CCOC1CC(NC(C)c2ccsc2)C1OC. The first-order valence-corrected chi connectivity index (χ1v) is 7.13. The van der Waals surface area contributed by atoms with E-state index in [1.54, 1.807) is 18.4 Å². The van der Waals surface area contributed by atoms with Crippen molar-refractivity contribution in [2.24, 2.45) is 0 Å². The monoisotopic (exact) mass is 255 g/mol. The van der Waals surface area contributed by atoms with E-state index in [0.717, 1.165) is 13.0 Å². The zero-order valence-electron chi connectivity index (χ0n) is 10.7. The summed E-state index contributed by atoms with van der Waals surface area (Å²) in [6.45, 7) is 4.99. The topological polar surface area (TPSA) is 30.5 Å². The van der Waals surface area contributed by atoms with Crippen LogP contribution in [0.5, 0.6) is 0 Å². The summed E-state index contributed by atoms with van der Waals surface area (Å²) >= 11 is 1.74. The molecule has 1 aromatic heterocycles. The summed E-state index contributed by atoms with van der Waals surface area (Å²) in [5.74, 6) is 0. The van der Waals surface area contributed by atoms with Crippen molar-refractivity contribution in [2.75, 3.05) is 13.7 Å². The number of thiophene rings is 1. The van der Waals surface area contributed by atoms with Crippen LogP contribution in [0, 0.1) is 0 Å². The molecule has 4 atom stereocenters. The van der Waals surface area contributed by atoms with Crippen LogP contribution in [-0.2, 0) is 9.47 Å². The molecule has 4 unspecified atom stereocenters. The van der Waals surface area contributed by atoms with E-state index in [1.807, 2.05) is 6.92 Å². The molecule has 1 aliphatic rings. The molecule has 1 heterocycles. The lowest BCUT2D eigenvalue weighted by Gasteiger charge is -2.44. The molecule has 2 rings (SSSR count). The van der Waals surface area contributed by atoms with Gasteiger partial charge in [0, 0.05) is 25.8 Å². The Balaban J connectivity index is 1.84. The summed E-state index contributed by atoms with van der Waals surface area (Å²) < 4.78 is 11.1. The molecule has 17 heavy (non-hydrogen) atoms. The third kappa shape index (κ3) is 2.88. The Kier molecular flexibility index (Phi) is 4.56. The summed E-state index contributed by atoms with van der Waals surface area (Å²) in [7, 11) is 1.76. The zero-order chi connectivity index (χ0) is 12.3. The molecule has 0 aliphatic heterocycles. The van der Waals surface area contributed by atoms with Gasteiger partial charge >= 0.3 is 0 Å². The molecule has 0 spiro atoms. The zero-order valence-corrected chi connectivity index (χ0v) is 11.5. The van der Waals surface area contributed by atoms with Gasteiger partial charge in [-0.2, -0.15) is 11.3 Å². The number of ether oxygens (including phenoxy) is 2. The first kappa shape index (κ1) is 13.0. The quantitative estimate of drug-likeness (QED) is 0.847. The number of hydrogen-bond acceptors (Lipinski definition) is 4. The molecule has 1 aromatic rings. The van der Waals surface area contributed by atoms with Crippen LogP contribution in [0.15, 0.2) is 16.8 Å². The second-order valence-electron chi connectivity index (χ2n) is 4.48. The summed E-state index contributed by atoms with van der Waals surface area (Å²) in [5.41, 5.74) is 1.35. The number of rotatable bonds is 6. The molecule has 1 fully saturated rings. The van der Waals surface area contributed by atoms with Crippen LogP contribution in [-0.4, -0.2) is 32.0 Å². The van der Waals surface area contributed by atoms with E-state index in [2.05, 4.69) is 29.1 Å². The number of methoxy groups -OCH3 is 1. The summed E-state index contributed by atoms with van der Waals surface area (Å²) in [6.07, 6.45) is 1.49. The van der Waals surface area contributed by atoms with Crippen molar-refractivity contribution in [2.45, 2.75) is 44.6 Å². The van der Waals surface area contributed by atoms with E-state index in [4.69, 9.17) is 9.47 Å². The van der Waals surface area contributed by atoms with E-state index in [1.165, 1.54) is 5.56 Å². The Morgan fingerprint density at radius 1 is 1.59 bits per heavy atom. The van der Waals surface area contributed by atoms with Gasteiger partial charge in [0.15, 0.2) is 0 Å². The third-order valence-electron chi connectivity index (χ3n) is 3.41. The summed E-state index contributed by atoms with van der Waals surface area (Å²) in [4.78, 5) is 0. The Bertz CT molecular complexity index is 328. The fraction of sp³-hybridized carbons (Fsp3) is 0.692. The molecule has 96 valence electrons. The first-order chi connectivity index (χ1) is 8.26. The van der Waals surface area contributed by atoms with Crippen LogP contribution in [0.1, 0.15) is 31.9 Å². The highest BCUT2D eigenvalue weighted by Gasteiger charge is 2.42. The average molecular weight is 255 g/mol. The molecule has 1 aliphatic carbocycles. The molecule has 0 amide bonds. The molecule has 0 radical (unpaired) electrons. The highest BCUT2D eigenvalue weighted by Crippen LogP contribution is 2.29. The second-order valence-corrected chi connectivity index (χ2v) is 5.26. The molecule has 3 nitrogen and oxygen atoms in total. The van der Waals surface area contributed by atoms with Crippen molar-refractivity contribution in [1.82, 2.24) is 5.32 Å². The van der Waals surface area contributed by atoms with Crippen LogP contribution in [0.25, 0.3) is 0 Å². The Labute approximate surface area is 107 Å². The van der Waals surface area contributed by atoms with E-state index < -0.39 is 0 Å². The Hall–Kier alpha value is -0.420. The molecular formula is C13H21NO2S. The van der Waals surface area contributed by atoms with Crippen molar-refractivity contribution in [3.05, 3.63) is 22.4 Å². The largest absolute Gasteiger partial charge is 0.377 e. The van der Waals surface area contributed by atoms with Gasteiger partial charge in [-0.1, -0.05) is 0 Å². The maximum atomic E-state index is 5.62. The minimum atomic E-state index is 0.191. The molecule has 0 saturated heterocycles. The van der Waals surface area contributed by atoms with Gasteiger partial charge in [-0.25, -0.2) is 0 Å². The van der Waals surface area contributed by atoms with Crippen LogP contribution in [0.3, 0.4) is 0 Å². The second kappa shape index (κ2) is 5.96. The smallest absolute Gasteiger partial charge is 0.0987 e. The lowest BCUT2D eigenvalue weighted by Crippen LogP contribution is -2.60. The van der Waals surface area contributed by atoms with Gasteiger partial charge in [0.1, 0.15) is 0 Å². The lowest BCUT2D eigenvalue weighted by molar-refractivity contribution is -0.132. The van der Waals surface area contributed by atoms with Crippen molar-refractivity contribution in [1.29, 1.82) is 0 Å². The minimum Gasteiger partial charge on any atom is -0.377 e. The Morgan fingerprint density at radius 2 is 2.41 bits per heavy atom. The lowest BCUT2D eigenvalue weighted by atomic mass is 9.84. The highest BCUT2D eigenvalue weighted by molar-refractivity contribution is 7.07. The van der Waals surface area contributed by atoms with Crippen molar-refractivity contribution in [3.8, 4) is 0 Å². The molecule has 1 N–H and O–H groups in total. The maximum Gasteiger partial charge on any atom is 0.0987 e. The fourth-order valence-corrected chi connectivity index (χ4v) is 3.13. The van der Waals surface area contributed by atoms with Gasteiger partial charge in [-0.3, -0.25) is 0 Å². The Morgan fingerprint density at radius 3 is 3.00 bits per heavy atom. The van der Waals surface area contributed by atoms with Crippen molar-refractivity contribution in [3.63, 3.8) is 0 Å². The van der Waals surface area contributed by atoms with Gasteiger partial charge in [0.25, 0.3) is 0 Å². The predicted molar refractivity (Wildman–Crippen MR) is 70.5 cm³/mol. The standard InChI is InChI=1S/C13H21NO2S/c1-4-16-12-7-11(13(12)15-3)14-9(2)10-5-6-17-8-10/h5-6,8-9,11-14H,4,7H2,1-3H3. The van der Waals surface area contributed by atoms with Crippen molar-refractivity contribution >= 4 is 11.3 Å². The van der Waals surface area contributed by atoms with Gasteiger partial charge in [0.05, 0.1) is 12.2 Å².